The van der Waals surface area contributed by atoms with Gasteiger partial charge in [0.25, 0.3) is 0 Å². The van der Waals surface area contributed by atoms with Gasteiger partial charge in [-0.05, 0) is 43.5 Å². The second-order valence-electron chi connectivity index (χ2n) is 4.74. The number of ether oxygens (including phenoxy) is 1. The topological polar surface area (TPSA) is 42.4 Å². The van der Waals surface area contributed by atoms with Crippen LogP contribution in [0.15, 0.2) is 30.5 Å². The van der Waals surface area contributed by atoms with E-state index in [1.54, 1.807) is 13.3 Å². The fourth-order valence-electron chi connectivity index (χ4n) is 2.23. The molecular formula is C16H19NO2. The molecule has 0 aliphatic carbocycles. The molecule has 3 nitrogen and oxygen atoms in total. The zero-order valence-electron chi connectivity index (χ0n) is 11.8. The molecule has 0 bridgehead atoms. The molecule has 1 unspecified atom stereocenters. The third-order valence-electron chi connectivity index (χ3n) is 3.51. The number of aromatic nitrogens is 1. The van der Waals surface area contributed by atoms with Crippen molar-refractivity contribution in [3.8, 4) is 5.75 Å². The van der Waals surface area contributed by atoms with Gasteiger partial charge in [-0.25, -0.2) is 0 Å². The molecule has 1 aromatic heterocycles. The maximum Gasteiger partial charge on any atom is 0.128 e. The minimum absolute atomic E-state index is 0.670. The van der Waals surface area contributed by atoms with Crippen molar-refractivity contribution >= 4 is 0 Å². The van der Waals surface area contributed by atoms with Crippen molar-refractivity contribution in [1.82, 2.24) is 4.98 Å². The smallest absolute Gasteiger partial charge is 0.128 e. The van der Waals surface area contributed by atoms with Crippen LogP contribution in [-0.4, -0.2) is 17.2 Å². The van der Waals surface area contributed by atoms with Gasteiger partial charge in [0.15, 0.2) is 0 Å². The van der Waals surface area contributed by atoms with Crippen LogP contribution in [0.2, 0.25) is 0 Å². The van der Waals surface area contributed by atoms with Gasteiger partial charge in [0.2, 0.25) is 0 Å². The Kier molecular flexibility index (Phi) is 3.86. The summed E-state index contributed by atoms with van der Waals surface area (Å²) in [5, 5.41) is 10.6. The highest BCUT2D eigenvalue weighted by atomic mass is 16.5. The number of aliphatic hydroxyl groups is 1. The van der Waals surface area contributed by atoms with Crippen molar-refractivity contribution < 1.29 is 9.84 Å². The molecule has 2 aromatic rings. The molecule has 3 heteroatoms. The van der Waals surface area contributed by atoms with Crippen LogP contribution in [0.1, 0.15) is 34.1 Å². The van der Waals surface area contributed by atoms with Gasteiger partial charge in [-0.1, -0.05) is 18.2 Å². The molecule has 1 atom stereocenters. The fourth-order valence-corrected chi connectivity index (χ4v) is 2.23. The minimum atomic E-state index is -0.768. The lowest BCUT2D eigenvalue weighted by molar-refractivity contribution is 0.209. The lowest BCUT2D eigenvalue weighted by Crippen LogP contribution is -2.07. The lowest BCUT2D eigenvalue weighted by Gasteiger charge is -2.18. The first kappa shape index (κ1) is 13.6. The first-order valence-electron chi connectivity index (χ1n) is 6.30. The second kappa shape index (κ2) is 5.41. The van der Waals surface area contributed by atoms with E-state index in [1.165, 1.54) is 0 Å². The number of aryl methyl sites for hydroxylation is 2. The van der Waals surface area contributed by atoms with E-state index in [9.17, 15) is 5.11 Å². The normalized spacial score (nSPS) is 12.3. The van der Waals surface area contributed by atoms with Crippen molar-refractivity contribution in [2.24, 2.45) is 0 Å². The monoisotopic (exact) mass is 257 g/mol. The maximum absolute atomic E-state index is 10.6. The Balaban J connectivity index is 2.53. The molecule has 0 amide bonds. The third kappa shape index (κ3) is 2.47. The van der Waals surface area contributed by atoms with E-state index in [0.717, 1.165) is 28.0 Å². The Labute approximate surface area is 113 Å². The van der Waals surface area contributed by atoms with E-state index >= 15 is 0 Å². The van der Waals surface area contributed by atoms with E-state index in [0.29, 0.717) is 5.69 Å². The molecule has 19 heavy (non-hydrogen) atoms. The first-order chi connectivity index (χ1) is 9.06. The van der Waals surface area contributed by atoms with Crippen LogP contribution in [0.5, 0.6) is 5.75 Å². The van der Waals surface area contributed by atoms with E-state index in [2.05, 4.69) is 4.98 Å². The molecule has 1 heterocycles. The molecule has 0 saturated carbocycles. The average molecular weight is 257 g/mol. The SMILES string of the molecule is COc1c(C(O)c2ncccc2C)ccc(C)c1C. The third-order valence-corrected chi connectivity index (χ3v) is 3.51. The molecule has 0 aliphatic heterocycles. The van der Waals surface area contributed by atoms with Gasteiger partial charge in [-0.3, -0.25) is 4.98 Å². The number of aliphatic hydroxyl groups excluding tert-OH is 1. The Bertz CT molecular complexity index is 593. The summed E-state index contributed by atoms with van der Waals surface area (Å²) >= 11 is 0. The van der Waals surface area contributed by atoms with Crippen molar-refractivity contribution in [2.45, 2.75) is 26.9 Å². The molecule has 0 radical (unpaired) electrons. The van der Waals surface area contributed by atoms with Gasteiger partial charge in [0.05, 0.1) is 12.8 Å². The number of nitrogens with zero attached hydrogens (tertiary/aromatic N) is 1. The number of pyridine rings is 1. The summed E-state index contributed by atoms with van der Waals surface area (Å²) in [5.41, 5.74) is 4.59. The number of hydrogen-bond acceptors (Lipinski definition) is 3. The molecule has 100 valence electrons. The highest BCUT2D eigenvalue weighted by molar-refractivity contribution is 5.48. The van der Waals surface area contributed by atoms with E-state index < -0.39 is 6.10 Å². The summed E-state index contributed by atoms with van der Waals surface area (Å²) in [6, 6.07) is 7.71. The fraction of sp³-hybridized carbons (Fsp3) is 0.312. The maximum atomic E-state index is 10.6. The molecule has 0 spiro atoms. The Morgan fingerprint density at radius 3 is 2.47 bits per heavy atom. The summed E-state index contributed by atoms with van der Waals surface area (Å²) < 4.78 is 5.45. The first-order valence-corrected chi connectivity index (χ1v) is 6.30. The van der Waals surface area contributed by atoms with Crippen LogP contribution in [0, 0.1) is 20.8 Å². The zero-order valence-corrected chi connectivity index (χ0v) is 11.8. The van der Waals surface area contributed by atoms with Crippen molar-refractivity contribution in [3.63, 3.8) is 0 Å². The molecule has 1 aromatic carbocycles. The van der Waals surface area contributed by atoms with Crippen LogP contribution < -0.4 is 4.74 Å². The number of benzene rings is 1. The van der Waals surface area contributed by atoms with Crippen LogP contribution in [0.25, 0.3) is 0 Å². The zero-order chi connectivity index (χ0) is 14.0. The molecular weight excluding hydrogens is 238 g/mol. The van der Waals surface area contributed by atoms with Crippen LogP contribution in [-0.2, 0) is 0 Å². The molecule has 1 N–H and O–H groups in total. The Morgan fingerprint density at radius 2 is 1.84 bits per heavy atom. The summed E-state index contributed by atoms with van der Waals surface area (Å²) in [6.07, 6.45) is 0.925. The van der Waals surface area contributed by atoms with Crippen LogP contribution >= 0.6 is 0 Å². The lowest BCUT2D eigenvalue weighted by atomic mass is 9.97. The van der Waals surface area contributed by atoms with Crippen LogP contribution in [0.3, 0.4) is 0 Å². The predicted molar refractivity (Wildman–Crippen MR) is 75.5 cm³/mol. The minimum Gasteiger partial charge on any atom is -0.496 e. The van der Waals surface area contributed by atoms with Gasteiger partial charge in [0, 0.05) is 11.8 Å². The van der Waals surface area contributed by atoms with Gasteiger partial charge >= 0.3 is 0 Å². The predicted octanol–water partition coefficient (Wildman–Crippen LogP) is 3.10. The van der Waals surface area contributed by atoms with Gasteiger partial charge in [-0.2, -0.15) is 0 Å². The highest BCUT2D eigenvalue weighted by Gasteiger charge is 2.20. The molecule has 0 saturated heterocycles. The number of methoxy groups -OCH3 is 1. The molecule has 0 fully saturated rings. The van der Waals surface area contributed by atoms with Crippen molar-refractivity contribution in [3.05, 3.63) is 58.4 Å². The summed E-state index contributed by atoms with van der Waals surface area (Å²) in [7, 11) is 1.63. The number of rotatable bonds is 3. The second-order valence-corrected chi connectivity index (χ2v) is 4.74. The quantitative estimate of drug-likeness (QED) is 0.918. The van der Waals surface area contributed by atoms with E-state index in [-0.39, 0.29) is 0 Å². The van der Waals surface area contributed by atoms with Crippen molar-refractivity contribution in [1.29, 1.82) is 0 Å². The van der Waals surface area contributed by atoms with E-state index in [1.807, 2.05) is 45.0 Å². The Morgan fingerprint density at radius 1 is 1.11 bits per heavy atom. The van der Waals surface area contributed by atoms with Crippen molar-refractivity contribution in [2.75, 3.05) is 7.11 Å². The molecule has 2 rings (SSSR count). The summed E-state index contributed by atoms with van der Waals surface area (Å²) in [4.78, 5) is 4.28. The van der Waals surface area contributed by atoms with Gasteiger partial charge in [0.1, 0.15) is 11.9 Å². The van der Waals surface area contributed by atoms with Crippen LogP contribution in [0.4, 0.5) is 0 Å². The highest BCUT2D eigenvalue weighted by Crippen LogP contribution is 2.34. The Hall–Kier alpha value is -1.87. The summed E-state index contributed by atoms with van der Waals surface area (Å²) in [6.45, 7) is 5.97. The van der Waals surface area contributed by atoms with Gasteiger partial charge < -0.3 is 9.84 Å². The average Bonchev–Trinajstić information content (AvgIpc) is 2.41. The summed E-state index contributed by atoms with van der Waals surface area (Å²) in [5.74, 6) is 0.734. The standard InChI is InChI=1S/C16H19NO2/c1-10-7-8-13(16(19-4)12(10)3)15(18)14-11(2)6-5-9-17-14/h5-9,15,18H,1-4H3. The van der Waals surface area contributed by atoms with Gasteiger partial charge in [-0.15, -0.1) is 0 Å². The largest absolute Gasteiger partial charge is 0.496 e. The number of hydrogen-bond donors (Lipinski definition) is 1. The van der Waals surface area contributed by atoms with E-state index in [4.69, 9.17) is 4.74 Å². The molecule has 0 aliphatic rings.